The zero-order valence-corrected chi connectivity index (χ0v) is 13.1. The number of hydrogen-bond donors (Lipinski definition) is 1. The van der Waals surface area contributed by atoms with Crippen molar-refractivity contribution in [2.24, 2.45) is 5.73 Å². The van der Waals surface area contributed by atoms with E-state index in [1.54, 1.807) is 18.9 Å². The number of nitrogens with zero attached hydrogens (tertiary/aromatic N) is 2. The van der Waals surface area contributed by atoms with Crippen LogP contribution in [0.3, 0.4) is 0 Å². The Bertz CT molecular complexity index is 614. The average Bonchev–Trinajstić information content (AvgIpc) is 3.05. The summed E-state index contributed by atoms with van der Waals surface area (Å²) in [6.07, 6.45) is 1.86. The fraction of sp³-hybridized carbons (Fsp3) is 0.429. The van der Waals surface area contributed by atoms with Crippen LogP contribution in [0.1, 0.15) is 29.9 Å². The van der Waals surface area contributed by atoms with Gasteiger partial charge in [0.25, 0.3) is 0 Å². The van der Waals surface area contributed by atoms with Crippen LogP contribution >= 0.6 is 23.3 Å². The molecular weight excluding hydrogens is 290 g/mol. The Morgan fingerprint density at radius 3 is 3.05 bits per heavy atom. The molecule has 6 heteroatoms. The highest BCUT2D eigenvalue weighted by Gasteiger charge is 2.31. The molecule has 0 fully saturated rings. The summed E-state index contributed by atoms with van der Waals surface area (Å²) in [6, 6.07) is 6.20. The molecule has 1 aliphatic carbocycles. The van der Waals surface area contributed by atoms with Crippen molar-refractivity contribution in [2.75, 3.05) is 7.11 Å². The Kier molecular flexibility index (Phi) is 3.96. The van der Waals surface area contributed by atoms with E-state index in [0.717, 1.165) is 28.8 Å². The third-order valence-corrected chi connectivity index (χ3v) is 5.67. The zero-order chi connectivity index (χ0) is 14.1. The Morgan fingerprint density at radius 1 is 1.50 bits per heavy atom. The lowest BCUT2D eigenvalue weighted by Crippen LogP contribution is -2.18. The van der Waals surface area contributed by atoms with Crippen LogP contribution in [-0.2, 0) is 12.8 Å². The standard InChI is InChI=1S/C14H17N3OS2/c1-3-12-16-14(20-17-12)19-11-6-8-4-5-9(18-2)7-10(8)13(11)15/h4-5,7,11,13H,3,6,15H2,1-2H3. The Labute approximate surface area is 126 Å². The second-order valence-corrected chi connectivity index (χ2v) is 7.02. The summed E-state index contributed by atoms with van der Waals surface area (Å²) in [5, 5.41) is 0.328. The number of methoxy groups -OCH3 is 1. The third kappa shape index (κ3) is 2.55. The van der Waals surface area contributed by atoms with Gasteiger partial charge in [-0.2, -0.15) is 4.37 Å². The van der Waals surface area contributed by atoms with Gasteiger partial charge in [0.15, 0.2) is 4.34 Å². The van der Waals surface area contributed by atoms with Gasteiger partial charge in [-0.3, -0.25) is 0 Å². The number of rotatable bonds is 4. The summed E-state index contributed by atoms with van der Waals surface area (Å²) in [5.41, 5.74) is 8.89. The molecule has 1 aliphatic rings. The van der Waals surface area contributed by atoms with Gasteiger partial charge in [-0.1, -0.05) is 24.8 Å². The largest absolute Gasteiger partial charge is 0.497 e. The molecule has 0 spiro atoms. The number of nitrogens with two attached hydrogens (primary N) is 1. The maximum absolute atomic E-state index is 6.38. The van der Waals surface area contributed by atoms with E-state index in [4.69, 9.17) is 10.5 Å². The van der Waals surface area contributed by atoms with Gasteiger partial charge in [0.05, 0.1) is 7.11 Å². The van der Waals surface area contributed by atoms with Gasteiger partial charge in [-0.25, -0.2) is 4.98 Å². The molecule has 1 aromatic heterocycles. The third-order valence-electron chi connectivity index (χ3n) is 3.55. The van der Waals surface area contributed by atoms with E-state index >= 15 is 0 Å². The molecule has 4 nitrogen and oxygen atoms in total. The number of benzene rings is 1. The van der Waals surface area contributed by atoms with E-state index in [-0.39, 0.29) is 6.04 Å². The molecule has 0 radical (unpaired) electrons. The lowest BCUT2D eigenvalue weighted by molar-refractivity contribution is 0.414. The van der Waals surface area contributed by atoms with Gasteiger partial charge in [-0.15, -0.1) is 0 Å². The molecule has 0 saturated heterocycles. The van der Waals surface area contributed by atoms with Crippen molar-refractivity contribution in [1.82, 2.24) is 9.36 Å². The quantitative estimate of drug-likeness (QED) is 0.941. The van der Waals surface area contributed by atoms with Crippen LogP contribution in [-0.4, -0.2) is 21.7 Å². The van der Waals surface area contributed by atoms with Gasteiger partial charge < -0.3 is 10.5 Å². The van der Waals surface area contributed by atoms with E-state index in [0.29, 0.717) is 5.25 Å². The van der Waals surface area contributed by atoms with E-state index in [9.17, 15) is 0 Å². The molecule has 20 heavy (non-hydrogen) atoms. The van der Waals surface area contributed by atoms with E-state index in [2.05, 4.69) is 28.4 Å². The minimum absolute atomic E-state index is 0.0269. The van der Waals surface area contributed by atoms with Crippen molar-refractivity contribution >= 4 is 23.3 Å². The van der Waals surface area contributed by atoms with Crippen molar-refractivity contribution in [3.8, 4) is 5.75 Å². The molecular formula is C14H17N3OS2. The summed E-state index contributed by atoms with van der Waals surface area (Å²) < 4.78 is 10.6. The summed E-state index contributed by atoms with van der Waals surface area (Å²) in [6.45, 7) is 2.07. The number of fused-ring (bicyclic) bond motifs is 1. The first-order valence-electron chi connectivity index (χ1n) is 6.63. The molecule has 1 heterocycles. The summed E-state index contributed by atoms with van der Waals surface area (Å²) in [4.78, 5) is 4.51. The number of thioether (sulfide) groups is 1. The molecule has 0 bridgehead atoms. The lowest BCUT2D eigenvalue weighted by atomic mass is 10.1. The molecule has 2 atom stereocenters. The molecule has 3 rings (SSSR count). The molecule has 0 aliphatic heterocycles. The number of ether oxygens (including phenoxy) is 1. The lowest BCUT2D eigenvalue weighted by Gasteiger charge is -2.13. The number of hydrogen-bond acceptors (Lipinski definition) is 6. The van der Waals surface area contributed by atoms with Gasteiger partial charge in [-0.05, 0) is 41.2 Å². The number of aromatic nitrogens is 2. The average molecular weight is 307 g/mol. The molecule has 0 amide bonds. The van der Waals surface area contributed by atoms with Crippen LogP contribution in [0.15, 0.2) is 22.5 Å². The summed E-state index contributed by atoms with van der Waals surface area (Å²) in [5.74, 6) is 1.79. The maximum Gasteiger partial charge on any atom is 0.170 e. The van der Waals surface area contributed by atoms with Crippen LogP contribution < -0.4 is 10.5 Å². The van der Waals surface area contributed by atoms with Crippen LogP contribution in [0, 0.1) is 0 Å². The molecule has 2 N–H and O–H groups in total. The van der Waals surface area contributed by atoms with Crippen molar-refractivity contribution in [1.29, 1.82) is 0 Å². The van der Waals surface area contributed by atoms with Crippen LogP contribution in [0.2, 0.25) is 0 Å². The maximum atomic E-state index is 6.38. The molecule has 2 unspecified atom stereocenters. The summed E-state index contributed by atoms with van der Waals surface area (Å²) >= 11 is 3.22. The minimum atomic E-state index is 0.0269. The highest BCUT2D eigenvalue weighted by Crippen LogP contribution is 2.41. The minimum Gasteiger partial charge on any atom is -0.497 e. The van der Waals surface area contributed by atoms with Gasteiger partial charge >= 0.3 is 0 Å². The fourth-order valence-corrected chi connectivity index (χ4v) is 4.54. The van der Waals surface area contributed by atoms with Gasteiger partial charge in [0.1, 0.15) is 11.6 Å². The highest BCUT2D eigenvalue weighted by molar-refractivity contribution is 8.01. The first-order chi connectivity index (χ1) is 9.71. The van der Waals surface area contributed by atoms with Crippen LogP contribution in [0.25, 0.3) is 0 Å². The van der Waals surface area contributed by atoms with Crippen molar-refractivity contribution < 1.29 is 4.74 Å². The molecule has 0 saturated carbocycles. The molecule has 2 aromatic rings. The Morgan fingerprint density at radius 2 is 2.35 bits per heavy atom. The Hall–Kier alpha value is -1.11. The number of aryl methyl sites for hydroxylation is 1. The monoisotopic (exact) mass is 307 g/mol. The smallest absolute Gasteiger partial charge is 0.170 e. The molecule has 106 valence electrons. The predicted molar refractivity (Wildman–Crippen MR) is 82.6 cm³/mol. The topological polar surface area (TPSA) is 61.0 Å². The predicted octanol–water partition coefficient (Wildman–Crippen LogP) is 2.83. The van der Waals surface area contributed by atoms with Crippen molar-refractivity contribution in [3.05, 3.63) is 35.2 Å². The van der Waals surface area contributed by atoms with Crippen molar-refractivity contribution in [2.45, 2.75) is 35.4 Å². The Balaban J connectivity index is 1.77. The second kappa shape index (κ2) is 5.71. The normalized spacial score (nSPS) is 20.9. The second-order valence-electron chi connectivity index (χ2n) is 4.78. The zero-order valence-electron chi connectivity index (χ0n) is 11.5. The van der Waals surface area contributed by atoms with Crippen molar-refractivity contribution in [3.63, 3.8) is 0 Å². The van der Waals surface area contributed by atoms with Gasteiger partial charge in [0.2, 0.25) is 0 Å². The van der Waals surface area contributed by atoms with E-state index < -0.39 is 0 Å². The molecule has 1 aromatic carbocycles. The summed E-state index contributed by atoms with van der Waals surface area (Å²) in [7, 11) is 1.68. The van der Waals surface area contributed by atoms with E-state index in [1.807, 2.05) is 6.07 Å². The van der Waals surface area contributed by atoms with Gasteiger partial charge in [0, 0.05) is 17.7 Å². The first-order valence-corrected chi connectivity index (χ1v) is 8.28. The van der Waals surface area contributed by atoms with Crippen LogP contribution in [0.5, 0.6) is 5.75 Å². The SMILES string of the molecule is CCc1nsc(SC2Cc3ccc(OC)cc3C2N)n1. The highest BCUT2D eigenvalue weighted by atomic mass is 32.2. The van der Waals surface area contributed by atoms with E-state index in [1.165, 1.54) is 22.7 Å². The van der Waals surface area contributed by atoms with Crippen LogP contribution in [0.4, 0.5) is 0 Å². The fourth-order valence-electron chi connectivity index (χ4n) is 2.41. The first kappa shape index (κ1) is 13.9.